The summed E-state index contributed by atoms with van der Waals surface area (Å²) in [7, 11) is 0. The van der Waals surface area contributed by atoms with Crippen molar-refractivity contribution >= 4 is 0 Å². The van der Waals surface area contributed by atoms with Crippen LogP contribution in [0, 0.1) is 11.3 Å². The van der Waals surface area contributed by atoms with Gasteiger partial charge in [-0.15, -0.1) is 0 Å². The molecule has 2 N–H and O–H groups in total. The molecule has 2 heteroatoms. The quantitative estimate of drug-likeness (QED) is 0.563. The monoisotopic (exact) mass is 168 g/mol. The molecule has 2 unspecified atom stereocenters. The molecule has 0 spiro atoms. The summed E-state index contributed by atoms with van der Waals surface area (Å²) in [5.41, 5.74) is 0.491. The van der Waals surface area contributed by atoms with Gasteiger partial charge in [-0.2, -0.15) is 0 Å². The van der Waals surface area contributed by atoms with E-state index in [2.05, 4.69) is 24.5 Å². The zero-order chi connectivity index (χ0) is 8.60. The van der Waals surface area contributed by atoms with Crippen molar-refractivity contribution in [2.45, 2.75) is 32.7 Å². The molecule has 2 nitrogen and oxygen atoms in total. The second-order valence-electron chi connectivity index (χ2n) is 4.92. The van der Waals surface area contributed by atoms with E-state index in [1.165, 1.54) is 32.5 Å². The number of hydrogen-bond acceptors (Lipinski definition) is 2. The number of fused-ring (bicyclic) bond motifs is 1. The van der Waals surface area contributed by atoms with Gasteiger partial charge in [0.05, 0.1) is 0 Å². The van der Waals surface area contributed by atoms with E-state index in [9.17, 15) is 0 Å². The minimum absolute atomic E-state index is 0.491. The van der Waals surface area contributed by atoms with Crippen LogP contribution >= 0.6 is 0 Å². The van der Waals surface area contributed by atoms with Gasteiger partial charge in [-0.05, 0) is 43.8 Å². The van der Waals surface area contributed by atoms with Crippen LogP contribution < -0.4 is 10.6 Å². The SMILES string of the molecule is CC1(C)CCNCC2CCNC21. The maximum absolute atomic E-state index is 3.65. The van der Waals surface area contributed by atoms with Gasteiger partial charge in [0, 0.05) is 6.04 Å². The van der Waals surface area contributed by atoms with Crippen LogP contribution in [0.25, 0.3) is 0 Å². The Balaban J connectivity index is 2.13. The molecule has 2 atom stereocenters. The highest BCUT2D eigenvalue weighted by atomic mass is 15.0. The van der Waals surface area contributed by atoms with Crippen LogP contribution in [0.5, 0.6) is 0 Å². The van der Waals surface area contributed by atoms with Crippen molar-refractivity contribution < 1.29 is 0 Å². The Morgan fingerprint density at radius 1 is 1.25 bits per heavy atom. The lowest BCUT2D eigenvalue weighted by atomic mass is 9.77. The Hall–Kier alpha value is -0.0800. The summed E-state index contributed by atoms with van der Waals surface area (Å²) in [6, 6.07) is 0.757. The topological polar surface area (TPSA) is 24.1 Å². The highest BCUT2D eigenvalue weighted by molar-refractivity contribution is 4.96. The fourth-order valence-corrected chi connectivity index (χ4v) is 2.75. The summed E-state index contributed by atoms with van der Waals surface area (Å²) in [6.07, 6.45) is 2.67. The molecule has 70 valence electrons. The Morgan fingerprint density at radius 2 is 2.08 bits per heavy atom. The van der Waals surface area contributed by atoms with Crippen LogP contribution in [0.2, 0.25) is 0 Å². The first-order valence-electron chi connectivity index (χ1n) is 5.14. The van der Waals surface area contributed by atoms with E-state index in [1.54, 1.807) is 0 Å². The lowest BCUT2D eigenvalue weighted by molar-refractivity contribution is 0.223. The molecular weight excluding hydrogens is 148 g/mol. The first-order valence-corrected chi connectivity index (χ1v) is 5.14. The average molecular weight is 168 g/mol. The molecule has 0 aromatic rings. The zero-order valence-corrected chi connectivity index (χ0v) is 8.19. The van der Waals surface area contributed by atoms with E-state index in [0.29, 0.717) is 5.41 Å². The second-order valence-corrected chi connectivity index (χ2v) is 4.92. The summed E-state index contributed by atoms with van der Waals surface area (Å²) in [5, 5.41) is 7.18. The summed E-state index contributed by atoms with van der Waals surface area (Å²) in [4.78, 5) is 0. The molecule has 0 aromatic carbocycles. The molecule has 0 radical (unpaired) electrons. The fraction of sp³-hybridized carbons (Fsp3) is 1.00. The van der Waals surface area contributed by atoms with Gasteiger partial charge >= 0.3 is 0 Å². The number of rotatable bonds is 0. The van der Waals surface area contributed by atoms with E-state index in [4.69, 9.17) is 0 Å². The summed E-state index contributed by atoms with van der Waals surface area (Å²) >= 11 is 0. The van der Waals surface area contributed by atoms with E-state index in [1.807, 2.05) is 0 Å². The number of nitrogens with one attached hydrogen (secondary N) is 2. The van der Waals surface area contributed by atoms with Gasteiger partial charge in [0.25, 0.3) is 0 Å². The molecule has 2 fully saturated rings. The zero-order valence-electron chi connectivity index (χ0n) is 8.19. The maximum Gasteiger partial charge on any atom is 0.0159 e. The van der Waals surface area contributed by atoms with Crippen LogP contribution in [0.1, 0.15) is 26.7 Å². The molecule has 0 aromatic heterocycles. The molecule has 0 aliphatic carbocycles. The van der Waals surface area contributed by atoms with Crippen molar-refractivity contribution in [3.05, 3.63) is 0 Å². The Bertz CT molecular complexity index is 165. The van der Waals surface area contributed by atoms with Gasteiger partial charge in [0.15, 0.2) is 0 Å². The molecule has 2 saturated heterocycles. The molecule has 2 heterocycles. The summed E-state index contributed by atoms with van der Waals surface area (Å²) < 4.78 is 0. The summed E-state index contributed by atoms with van der Waals surface area (Å²) in [6.45, 7) is 8.44. The van der Waals surface area contributed by atoms with Crippen molar-refractivity contribution in [2.24, 2.45) is 11.3 Å². The van der Waals surface area contributed by atoms with Crippen molar-refractivity contribution in [1.29, 1.82) is 0 Å². The van der Waals surface area contributed by atoms with Crippen molar-refractivity contribution in [1.82, 2.24) is 10.6 Å². The van der Waals surface area contributed by atoms with Gasteiger partial charge in [0.1, 0.15) is 0 Å². The molecule has 2 aliphatic rings. The Morgan fingerprint density at radius 3 is 2.92 bits per heavy atom. The predicted molar refractivity (Wildman–Crippen MR) is 51.2 cm³/mol. The highest BCUT2D eigenvalue weighted by Crippen LogP contribution is 2.35. The van der Waals surface area contributed by atoms with E-state index in [-0.39, 0.29) is 0 Å². The lowest BCUT2D eigenvalue weighted by Gasteiger charge is -2.33. The molecule has 2 aliphatic heterocycles. The minimum Gasteiger partial charge on any atom is -0.316 e. The third kappa shape index (κ3) is 1.38. The van der Waals surface area contributed by atoms with Crippen molar-refractivity contribution in [3.8, 4) is 0 Å². The molecular formula is C10H20N2. The molecule has 0 amide bonds. The van der Waals surface area contributed by atoms with E-state index in [0.717, 1.165) is 12.0 Å². The third-order valence-corrected chi connectivity index (χ3v) is 3.55. The Labute approximate surface area is 75.1 Å². The maximum atomic E-state index is 3.65. The standard InChI is InChI=1S/C10H20N2/c1-10(2)4-6-11-7-8-3-5-12-9(8)10/h8-9,11-12H,3-7H2,1-2H3. The van der Waals surface area contributed by atoms with Crippen LogP contribution in [0.3, 0.4) is 0 Å². The van der Waals surface area contributed by atoms with Crippen LogP contribution in [0.15, 0.2) is 0 Å². The molecule has 0 bridgehead atoms. The third-order valence-electron chi connectivity index (χ3n) is 3.55. The van der Waals surface area contributed by atoms with Gasteiger partial charge < -0.3 is 10.6 Å². The normalized spacial score (nSPS) is 40.5. The van der Waals surface area contributed by atoms with Gasteiger partial charge in [-0.1, -0.05) is 13.8 Å². The predicted octanol–water partition coefficient (Wildman–Crippen LogP) is 0.984. The smallest absolute Gasteiger partial charge is 0.0159 e. The number of hydrogen-bond donors (Lipinski definition) is 2. The van der Waals surface area contributed by atoms with Gasteiger partial charge in [0.2, 0.25) is 0 Å². The summed E-state index contributed by atoms with van der Waals surface area (Å²) in [5.74, 6) is 0.877. The van der Waals surface area contributed by atoms with Crippen LogP contribution in [-0.2, 0) is 0 Å². The second kappa shape index (κ2) is 3.00. The van der Waals surface area contributed by atoms with Gasteiger partial charge in [-0.25, -0.2) is 0 Å². The van der Waals surface area contributed by atoms with E-state index >= 15 is 0 Å². The minimum atomic E-state index is 0.491. The van der Waals surface area contributed by atoms with Crippen molar-refractivity contribution in [2.75, 3.05) is 19.6 Å². The average Bonchev–Trinajstić information content (AvgIpc) is 2.42. The first kappa shape index (κ1) is 8.52. The molecule has 2 rings (SSSR count). The first-order chi connectivity index (χ1) is 5.70. The molecule has 12 heavy (non-hydrogen) atoms. The highest BCUT2D eigenvalue weighted by Gasteiger charge is 2.39. The Kier molecular flexibility index (Phi) is 2.13. The van der Waals surface area contributed by atoms with Gasteiger partial charge in [-0.3, -0.25) is 0 Å². The largest absolute Gasteiger partial charge is 0.316 e. The van der Waals surface area contributed by atoms with Crippen molar-refractivity contribution in [3.63, 3.8) is 0 Å². The van der Waals surface area contributed by atoms with E-state index < -0.39 is 0 Å². The molecule has 0 saturated carbocycles. The van der Waals surface area contributed by atoms with Crippen LogP contribution in [-0.4, -0.2) is 25.7 Å². The van der Waals surface area contributed by atoms with Crippen LogP contribution in [0.4, 0.5) is 0 Å². The fourth-order valence-electron chi connectivity index (χ4n) is 2.75. The lowest BCUT2D eigenvalue weighted by Crippen LogP contribution is -2.41.